The number of rotatable bonds is 4. The molecule has 2 rings (SSSR count). The normalized spacial score (nSPS) is 18.4. The van der Waals surface area contributed by atoms with Crippen molar-refractivity contribution in [2.75, 3.05) is 6.54 Å². The van der Waals surface area contributed by atoms with E-state index in [1.807, 2.05) is 6.92 Å². The molecule has 0 spiro atoms. The molecule has 0 aromatic heterocycles. The van der Waals surface area contributed by atoms with Gasteiger partial charge in [0.25, 0.3) is 0 Å². The van der Waals surface area contributed by atoms with Crippen molar-refractivity contribution in [1.82, 2.24) is 5.32 Å². The average Bonchev–Trinajstić information content (AvgIpc) is 2.25. The van der Waals surface area contributed by atoms with Crippen LogP contribution in [-0.2, 0) is 6.18 Å². The summed E-state index contributed by atoms with van der Waals surface area (Å²) in [6.45, 7) is 2.86. The molecule has 0 amide bonds. The van der Waals surface area contributed by atoms with Gasteiger partial charge in [0.2, 0.25) is 0 Å². The molecular weight excluding hydrogens is 239 g/mol. The highest BCUT2D eigenvalue weighted by molar-refractivity contribution is 5.27. The lowest BCUT2D eigenvalue weighted by Gasteiger charge is -2.34. The maximum absolute atomic E-state index is 12.5. The summed E-state index contributed by atoms with van der Waals surface area (Å²) in [4.78, 5) is 0. The predicted octanol–water partition coefficient (Wildman–Crippen LogP) is 4.16. The molecule has 0 saturated heterocycles. The number of hydrogen-bond donors (Lipinski definition) is 1. The number of alkyl halides is 3. The summed E-state index contributed by atoms with van der Waals surface area (Å²) in [5, 5.41) is 3.38. The highest BCUT2D eigenvalue weighted by Crippen LogP contribution is 2.38. The lowest BCUT2D eigenvalue weighted by molar-refractivity contribution is -0.137. The molecule has 1 N–H and O–H groups in total. The van der Waals surface area contributed by atoms with Gasteiger partial charge in [-0.15, -0.1) is 0 Å². The van der Waals surface area contributed by atoms with Crippen molar-refractivity contribution < 1.29 is 13.2 Å². The van der Waals surface area contributed by atoms with Crippen molar-refractivity contribution >= 4 is 0 Å². The second kappa shape index (κ2) is 5.31. The molecule has 0 heterocycles. The topological polar surface area (TPSA) is 12.0 Å². The van der Waals surface area contributed by atoms with Crippen molar-refractivity contribution in [3.63, 3.8) is 0 Å². The van der Waals surface area contributed by atoms with Gasteiger partial charge in [0.05, 0.1) is 5.56 Å². The molecular formula is C14H18F3N. The molecule has 18 heavy (non-hydrogen) atoms. The van der Waals surface area contributed by atoms with E-state index in [9.17, 15) is 13.2 Å². The highest BCUT2D eigenvalue weighted by atomic mass is 19.4. The van der Waals surface area contributed by atoms with Crippen LogP contribution in [0.2, 0.25) is 0 Å². The highest BCUT2D eigenvalue weighted by Gasteiger charge is 2.31. The Balaban J connectivity index is 2.15. The summed E-state index contributed by atoms with van der Waals surface area (Å²) in [5.41, 5.74) is 0.393. The average molecular weight is 257 g/mol. The minimum absolute atomic E-state index is 0.200. The summed E-state index contributed by atoms with van der Waals surface area (Å²) in [7, 11) is 0. The minimum Gasteiger partial charge on any atom is -0.310 e. The summed E-state index contributed by atoms with van der Waals surface area (Å²) in [6, 6.07) is 5.77. The minimum atomic E-state index is -4.25. The van der Waals surface area contributed by atoms with E-state index in [4.69, 9.17) is 0 Å². The molecule has 1 aromatic carbocycles. The van der Waals surface area contributed by atoms with Gasteiger partial charge in [-0.2, -0.15) is 13.2 Å². The quantitative estimate of drug-likeness (QED) is 0.854. The zero-order valence-electron chi connectivity index (χ0n) is 10.4. The third kappa shape index (κ3) is 2.86. The third-order valence-corrected chi connectivity index (χ3v) is 3.64. The van der Waals surface area contributed by atoms with Crippen molar-refractivity contribution in [3.05, 3.63) is 35.4 Å². The molecule has 1 nitrogen and oxygen atoms in total. The molecule has 0 bridgehead atoms. The van der Waals surface area contributed by atoms with E-state index in [0.717, 1.165) is 12.1 Å². The van der Waals surface area contributed by atoms with Gasteiger partial charge in [0, 0.05) is 6.04 Å². The number of hydrogen-bond acceptors (Lipinski definition) is 1. The first kappa shape index (κ1) is 13.4. The fourth-order valence-electron chi connectivity index (χ4n) is 2.43. The van der Waals surface area contributed by atoms with Crippen LogP contribution in [0.3, 0.4) is 0 Å². The van der Waals surface area contributed by atoms with Crippen molar-refractivity contribution in [3.8, 4) is 0 Å². The Labute approximate surface area is 105 Å². The van der Waals surface area contributed by atoms with Gasteiger partial charge in [-0.25, -0.2) is 0 Å². The van der Waals surface area contributed by atoms with Crippen LogP contribution in [-0.4, -0.2) is 6.54 Å². The number of benzene rings is 1. The van der Waals surface area contributed by atoms with E-state index < -0.39 is 11.7 Å². The van der Waals surface area contributed by atoms with Crippen LogP contribution in [0.15, 0.2) is 24.3 Å². The molecule has 1 atom stereocenters. The molecule has 4 heteroatoms. The molecule has 1 unspecified atom stereocenters. The molecule has 1 aliphatic rings. The number of halogens is 3. The Morgan fingerprint density at radius 2 is 1.83 bits per heavy atom. The van der Waals surface area contributed by atoms with Gasteiger partial charge < -0.3 is 5.32 Å². The smallest absolute Gasteiger partial charge is 0.310 e. The Kier molecular flexibility index (Phi) is 3.95. The zero-order chi connectivity index (χ0) is 13.2. The van der Waals surface area contributed by atoms with E-state index in [1.165, 1.54) is 31.4 Å². The Morgan fingerprint density at radius 3 is 2.22 bits per heavy atom. The second-order valence-electron chi connectivity index (χ2n) is 4.85. The molecule has 1 aliphatic carbocycles. The maximum Gasteiger partial charge on any atom is 0.416 e. The molecule has 1 aromatic rings. The van der Waals surface area contributed by atoms with Gasteiger partial charge in [-0.3, -0.25) is 0 Å². The van der Waals surface area contributed by atoms with Gasteiger partial charge >= 0.3 is 6.18 Å². The fourth-order valence-corrected chi connectivity index (χ4v) is 2.43. The summed E-state index contributed by atoms with van der Waals surface area (Å²) in [5.74, 6) is 0.571. The van der Waals surface area contributed by atoms with Gasteiger partial charge in [0.15, 0.2) is 0 Å². The lowest BCUT2D eigenvalue weighted by Crippen LogP contribution is -2.32. The largest absolute Gasteiger partial charge is 0.416 e. The number of nitrogens with one attached hydrogen (secondary N) is 1. The zero-order valence-corrected chi connectivity index (χ0v) is 10.4. The van der Waals surface area contributed by atoms with Crippen LogP contribution in [0.25, 0.3) is 0 Å². The van der Waals surface area contributed by atoms with Crippen LogP contribution in [0.4, 0.5) is 13.2 Å². The van der Waals surface area contributed by atoms with Crippen molar-refractivity contribution in [2.45, 2.75) is 38.4 Å². The molecule has 0 aliphatic heterocycles. The first-order valence-corrected chi connectivity index (χ1v) is 6.43. The van der Waals surface area contributed by atoms with Crippen LogP contribution in [0, 0.1) is 5.92 Å². The summed E-state index contributed by atoms with van der Waals surface area (Å²) in [6.07, 6.45) is -0.687. The standard InChI is InChI=1S/C14H18F3N/c1-2-18-13(10-4-3-5-10)11-6-8-12(9-7-11)14(15,16)17/h6-10,13,18H,2-5H2,1H3. The molecule has 1 saturated carbocycles. The van der Waals surface area contributed by atoms with Crippen molar-refractivity contribution in [1.29, 1.82) is 0 Å². The summed E-state index contributed by atoms with van der Waals surface area (Å²) < 4.78 is 37.5. The maximum atomic E-state index is 12.5. The lowest BCUT2D eigenvalue weighted by atomic mass is 9.77. The third-order valence-electron chi connectivity index (χ3n) is 3.64. The van der Waals surface area contributed by atoms with E-state index >= 15 is 0 Å². The van der Waals surface area contributed by atoms with Crippen molar-refractivity contribution in [2.24, 2.45) is 5.92 Å². The predicted molar refractivity (Wildman–Crippen MR) is 65.2 cm³/mol. The summed E-state index contributed by atoms with van der Waals surface area (Å²) >= 11 is 0. The van der Waals surface area contributed by atoms with Crippen LogP contribution >= 0.6 is 0 Å². The van der Waals surface area contributed by atoms with E-state index in [-0.39, 0.29) is 6.04 Å². The SMILES string of the molecule is CCNC(c1ccc(C(F)(F)F)cc1)C1CCC1. The van der Waals surface area contributed by atoms with Gasteiger partial charge in [-0.1, -0.05) is 25.5 Å². The van der Waals surface area contributed by atoms with Gasteiger partial charge in [0.1, 0.15) is 0 Å². The van der Waals surface area contributed by atoms with Crippen LogP contribution in [0.1, 0.15) is 43.4 Å². The van der Waals surface area contributed by atoms with Crippen LogP contribution < -0.4 is 5.32 Å². The van der Waals surface area contributed by atoms with Gasteiger partial charge in [-0.05, 0) is 43.0 Å². The molecule has 0 radical (unpaired) electrons. The fraction of sp³-hybridized carbons (Fsp3) is 0.571. The Hall–Kier alpha value is -1.03. The molecule has 100 valence electrons. The van der Waals surface area contributed by atoms with E-state index in [0.29, 0.717) is 5.92 Å². The van der Waals surface area contributed by atoms with E-state index in [2.05, 4.69) is 5.32 Å². The second-order valence-corrected chi connectivity index (χ2v) is 4.85. The van der Waals surface area contributed by atoms with E-state index in [1.54, 1.807) is 12.1 Å². The molecule has 1 fully saturated rings. The Bertz CT molecular complexity index is 379. The first-order chi connectivity index (χ1) is 8.52. The first-order valence-electron chi connectivity index (χ1n) is 6.43. The monoisotopic (exact) mass is 257 g/mol. The van der Waals surface area contributed by atoms with Crippen LogP contribution in [0.5, 0.6) is 0 Å². The Morgan fingerprint density at radius 1 is 1.22 bits per heavy atom.